The lowest BCUT2D eigenvalue weighted by molar-refractivity contribution is -0.215. The molecule has 0 radical (unpaired) electrons. The first-order valence-electron chi connectivity index (χ1n) is 4.23. The van der Waals surface area contributed by atoms with Crippen molar-refractivity contribution in [2.24, 2.45) is 0 Å². The van der Waals surface area contributed by atoms with E-state index in [0.29, 0.717) is 0 Å². The summed E-state index contributed by atoms with van der Waals surface area (Å²) in [6.07, 6.45) is -6.26. The summed E-state index contributed by atoms with van der Waals surface area (Å²) in [5.41, 5.74) is 0.858. The average molecular weight is 239 g/mol. The summed E-state index contributed by atoms with van der Waals surface area (Å²) in [5, 5.41) is 0. The lowest BCUT2D eigenvalue weighted by Gasteiger charge is -2.19. The molecule has 0 aliphatic heterocycles. The molecule has 0 fully saturated rings. The summed E-state index contributed by atoms with van der Waals surface area (Å²) in [5.74, 6) is 0.282. The molecule has 1 rings (SSSR count). The highest BCUT2D eigenvalue weighted by Crippen LogP contribution is 2.35. The molecule has 0 saturated heterocycles. The maximum Gasteiger partial charge on any atom is 0.418 e. The smallest absolute Gasteiger partial charge is 0.367 e. The van der Waals surface area contributed by atoms with E-state index in [-0.39, 0.29) is 11.4 Å². The van der Waals surface area contributed by atoms with Crippen molar-refractivity contribution in [1.82, 2.24) is 0 Å². The fourth-order valence-electron chi connectivity index (χ4n) is 1.24. The Morgan fingerprint density at radius 1 is 1.27 bits per heavy atom. The number of hydrogen-bond donors (Lipinski definition) is 0. The van der Waals surface area contributed by atoms with E-state index in [9.17, 15) is 13.2 Å². The molecular weight excluding hydrogens is 229 g/mol. The molecule has 0 saturated carbocycles. The van der Waals surface area contributed by atoms with Crippen LogP contribution in [0.3, 0.4) is 0 Å². The van der Waals surface area contributed by atoms with Crippen LogP contribution in [0.4, 0.5) is 13.2 Å². The normalized spacial score (nSPS) is 13.9. The zero-order valence-corrected chi connectivity index (χ0v) is 8.77. The Hall–Kier alpha value is -0.740. The van der Waals surface area contributed by atoms with Crippen LogP contribution < -0.4 is 0 Å². The fourth-order valence-corrected chi connectivity index (χ4v) is 1.42. The predicted octanol–water partition coefficient (Wildman–Crippen LogP) is 3.68. The molecule has 0 aliphatic carbocycles. The van der Waals surface area contributed by atoms with Gasteiger partial charge in [-0.25, -0.2) is 0 Å². The molecule has 0 aliphatic rings. The van der Waals surface area contributed by atoms with E-state index in [1.165, 1.54) is 12.1 Å². The van der Waals surface area contributed by atoms with E-state index in [0.717, 1.165) is 12.7 Å². The molecule has 0 amide bonds. The number of hydrogen-bond acceptors (Lipinski definition) is 1. The number of ether oxygens (including phenoxy) is 1. The Kier molecular flexibility index (Phi) is 3.99. The molecule has 84 valence electrons. The van der Waals surface area contributed by atoms with Crippen molar-refractivity contribution < 1.29 is 17.9 Å². The van der Waals surface area contributed by atoms with Crippen LogP contribution in [0, 0.1) is 0 Å². The zero-order chi connectivity index (χ0) is 11.5. The molecule has 0 bridgehead atoms. The Morgan fingerprint density at radius 3 is 2.13 bits per heavy atom. The van der Waals surface area contributed by atoms with Crippen LogP contribution in [0.25, 0.3) is 0 Å². The first-order chi connectivity index (χ1) is 6.99. The highest BCUT2D eigenvalue weighted by atomic mass is 35.5. The van der Waals surface area contributed by atoms with Crippen molar-refractivity contribution in [3.63, 3.8) is 0 Å². The highest BCUT2D eigenvalue weighted by Gasteiger charge is 2.40. The lowest BCUT2D eigenvalue weighted by atomic mass is 10.1. The van der Waals surface area contributed by atoms with Gasteiger partial charge in [-0.2, -0.15) is 13.2 Å². The van der Waals surface area contributed by atoms with Gasteiger partial charge in [-0.15, -0.1) is 11.6 Å². The van der Waals surface area contributed by atoms with Crippen LogP contribution >= 0.6 is 11.6 Å². The number of rotatable bonds is 3. The SMILES string of the molecule is COC(c1ccc(CCl)cc1)C(F)(F)F. The first-order valence-corrected chi connectivity index (χ1v) is 4.76. The van der Waals surface area contributed by atoms with Gasteiger partial charge in [0, 0.05) is 13.0 Å². The number of alkyl halides is 4. The molecule has 0 N–H and O–H groups in total. The highest BCUT2D eigenvalue weighted by molar-refractivity contribution is 6.17. The minimum Gasteiger partial charge on any atom is -0.367 e. The summed E-state index contributed by atoms with van der Waals surface area (Å²) in [7, 11) is 1.04. The summed E-state index contributed by atoms with van der Waals surface area (Å²) in [6, 6.07) is 5.86. The number of halogens is 4. The van der Waals surface area contributed by atoms with Gasteiger partial charge in [0.1, 0.15) is 0 Å². The molecule has 1 unspecified atom stereocenters. The van der Waals surface area contributed by atoms with E-state index >= 15 is 0 Å². The van der Waals surface area contributed by atoms with Gasteiger partial charge in [0.2, 0.25) is 0 Å². The van der Waals surface area contributed by atoms with E-state index in [1.54, 1.807) is 12.1 Å². The largest absolute Gasteiger partial charge is 0.418 e. The van der Waals surface area contributed by atoms with Gasteiger partial charge in [0.25, 0.3) is 0 Å². The van der Waals surface area contributed by atoms with E-state index in [1.807, 2.05) is 0 Å². The predicted molar refractivity (Wildman–Crippen MR) is 51.8 cm³/mol. The molecule has 0 heterocycles. The molecule has 1 nitrogen and oxygen atoms in total. The summed E-state index contributed by atoms with van der Waals surface area (Å²) in [6.45, 7) is 0. The monoisotopic (exact) mass is 238 g/mol. The van der Waals surface area contributed by atoms with Crippen molar-refractivity contribution in [2.45, 2.75) is 18.2 Å². The second-order valence-corrected chi connectivity index (χ2v) is 3.30. The Labute approximate surface area is 90.8 Å². The quantitative estimate of drug-likeness (QED) is 0.730. The van der Waals surface area contributed by atoms with Gasteiger partial charge in [0.05, 0.1) is 0 Å². The standard InChI is InChI=1S/C10H10ClF3O/c1-15-9(10(12,13)14)8-4-2-7(6-11)3-5-8/h2-5,9H,6H2,1H3. The Balaban J connectivity index is 2.93. The van der Waals surface area contributed by atoms with Crippen LogP contribution in [0.1, 0.15) is 17.2 Å². The summed E-state index contributed by atoms with van der Waals surface area (Å²) >= 11 is 5.53. The second-order valence-electron chi connectivity index (χ2n) is 3.03. The van der Waals surface area contributed by atoms with E-state index < -0.39 is 12.3 Å². The van der Waals surface area contributed by atoms with Gasteiger partial charge in [-0.05, 0) is 11.1 Å². The van der Waals surface area contributed by atoms with E-state index in [2.05, 4.69) is 4.74 Å². The molecular formula is C10H10ClF3O. The van der Waals surface area contributed by atoms with Gasteiger partial charge >= 0.3 is 6.18 Å². The van der Waals surface area contributed by atoms with E-state index in [4.69, 9.17) is 11.6 Å². The summed E-state index contributed by atoms with van der Waals surface area (Å²) < 4.78 is 41.7. The van der Waals surface area contributed by atoms with Crippen LogP contribution in [0.5, 0.6) is 0 Å². The molecule has 1 aromatic carbocycles. The van der Waals surface area contributed by atoms with Gasteiger partial charge in [-0.3, -0.25) is 0 Å². The second kappa shape index (κ2) is 4.86. The van der Waals surface area contributed by atoms with Gasteiger partial charge in [0.15, 0.2) is 6.10 Å². The zero-order valence-electron chi connectivity index (χ0n) is 8.01. The fraction of sp³-hybridized carbons (Fsp3) is 0.400. The third kappa shape index (κ3) is 3.11. The van der Waals surface area contributed by atoms with Crippen molar-refractivity contribution in [3.05, 3.63) is 35.4 Å². The molecule has 0 spiro atoms. The number of benzene rings is 1. The molecule has 0 aromatic heterocycles. The van der Waals surface area contributed by atoms with Crippen molar-refractivity contribution >= 4 is 11.6 Å². The van der Waals surface area contributed by atoms with Crippen molar-refractivity contribution in [1.29, 1.82) is 0 Å². The number of methoxy groups -OCH3 is 1. The Bertz CT molecular complexity index is 307. The first kappa shape index (κ1) is 12.3. The average Bonchev–Trinajstić information content (AvgIpc) is 2.18. The maximum atomic E-state index is 12.4. The van der Waals surface area contributed by atoms with Gasteiger partial charge in [-0.1, -0.05) is 24.3 Å². The third-order valence-corrected chi connectivity index (χ3v) is 2.28. The molecule has 1 aromatic rings. The third-order valence-electron chi connectivity index (χ3n) is 1.97. The van der Waals surface area contributed by atoms with Gasteiger partial charge < -0.3 is 4.74 Å². The van der Waals surface area contributed by atoms with Crippen molar-refractivity contribution in [3.8, 4) is 0 Å². The van der Waals surface area contributed by atoms with Crippen LogP contribution in [-0.4, -0.2) is 13.3 Å². The van der Waals surface area contributed by atoms with Crippen LogP contribution in [0.15, 0.2) is 24.3 Å². The topological polar surface area (TPSA) is 9.23 Å². The van der Waals surface area contributed by atoms with Crippen LogP contribution in [0.2, 0.25) is 0 Å². The van der Waals surface area contributed by atoms with Crippen LogP contribution in [-0.2, 0) is 10.6 Å². The Morgan fingerprint density at radius 2 is 1.80 bits per heavy atom. The molecule has 5 heteroatoms. The van der Waals surface area contributed by atoms with Crippen molar-refractivity contribution in [2.75, 3.05) is 7.11 Å². The molecule has 15 heavy (non-hydrogen) atoms. The summed E-state index contributed by atoms with van der Waals surface area (Å²) in [4.78, 5) is 0. The lowest BCUT2D eigenvalue weighted by Crippen LogP contribution is -2.22. The minimum atomic E-state index is -4.39. The molecule has 1 atom stereocenters. The maximum absolute atomic E-state index is 12.4. The minimum absolute atomic E-state index is 0.0823.